The van der Waals surface area contributed by atoms with Crippen LogP contribution in [0.1, 0.15) is 31.8 Å². The lowest BCUT2D eigenvalue weighted by atomic mass is 9.84. The van der Waals surface area contributed by atoms with Crippen molar-refractivity contribution in [3.05, 3.63) is 58.7 Å². The minimum Gasteiger partial charge on any atom is -0.289 e. The molecule has 0 aromatic heterocycles. The van der Waals surface area contributed by atoms with Crippen LogP contribution in [0.4, 0.5) is 0 Å². The van der Waals surface area contributed by atoms with E-state index in [9.17, 15) is 26.4 Å². The Morgan fingerprint density at radius 3 is 1.25 bits per heavy atom. The largest absolute Gasteiger partial charge is 0.289 e. The summed E-state index contributed by atoms with van der Waals surface area (Å²) in [4.78, 5) is 24.4. The van der Waals surface area contributed by atoms with Gasteiger partial charge in [0, 0.05) is 11.1 Å². The summed E-state index contributed by atoms with van der Waals surface area (Å²) in [5.41, 5.74) is -1.22. The Labute approximate surface area is 137 Å². The van der Waals surface area contributed by atoms with Crippen molar-refractivity contribution in [3.8, 4) is 0 Å². The SMILES string of the molecule is NS(=O)(=O)c1cccc2c1C(=O)c1cccc(S(N)(=O)=O)c1C2=O. The Hall–Kier alpha value is -2.40. The van der Waals surface area contributed by atoms with Crippen LogP contribution in [0.2, 0.25) is 0 Å². The summed E-state index contributed by atoms with van der Waals surface area (Å²) in [7, 11) is -8.52. The van der Waals surface area contributed by atoms with Crippen LogP contribution in [0.3, 0.4) is 0 Å². The highest BCUT2D eigenvalue weighted by atomic mass is 32.2. The number of hydrogen-bond donors (Lipinski definition) is 2. The van der Waals surface area contributed by atoms with Crippen molar-refractivity contribution < 1.29 is 26.4 Å². The molecular weight excluding hydrogens is 356 g/mol. The van der Waals surface area contributed by atoms with Crippen LogP contribution in [0.5, 0.6) is 0 Å². The van der Waals surface area contributed by atoms with Crippen LogP contribution < -0.4 is 10.3 Å². The Morgan fingerprint density at radius 1 is 0.625 bits per heavy atom. The molecule has 0 saturated heterocycles. The number of carbonyl (C=O) groups excluding carboxylic acids is 2. The summed E-state index contributed by atoms with van der Waals surface area (Å²) in [6, 6.07) is 7.16. The number of nitrogens with two attached hydrogens (primary N) is 2. The average Bonchev–Trinajstić information content (AvgIpc) is 2.49. The second kappa shape index (κ2) is 5.05. The lowest BCUT2D eigenvalue weighted by Gasteiger charge is -2.20. The van der Waals surface area contributed by atoms with Crippen LogP contribution in [0.25, 0.3) is 0 Å². The lowest BCUT2D eigenvalue weighted by molar-refractivity contribution is 0.0974. The standard InChI is InChI=1S/C14H10N2O6S2/c15-23(19,20)9-5-1-3-7-11(9)14(18)8-4-2-6-10(24(16,21)22)12(8)13(7)17/h1-6H,(H2,15,19,20)(H2,16,21,22). The molecule has 124 valence electrons. The maximum atomic E-state index is 12.7. The Kier molecular flexibility index (Phi) is 3.46. The molecule has 0 fully saturated rings. The molecule has 0 spiro atoms. The van der Waals surface area contributed by atoms with Crippen LogP contribution in [-0.2, 0) is 20.0 Å². The second-order valence-corrected chi connectivity index (χ2v) is 8.17. The first-order valence-electron chi connectivity index (χ1n) is 6.44. The molecule has 0 heterocycles. The van der Waals surface area contributed by atoms with Crippen molar-refractivity contribution in [2.24, 2.45) is 10.3 Å². The summed E-state index contributed by atoms with van der Waals surface area (Å²) < 4.78 is 46.8. The van der Waals surface area contributed by atoms with Gasteiger partial charge in [0.05, 0.1) is 20.9 Å². The minimum atomic E-state index is -4.26. The normalized spacial score (nSPS) is 14.2. The average molecular weight is 366 g/mol. The zero-order valence-corrected chi connectivity index (χ0v) is 13.5. The highest BCUT2D eigenvalue weighted by molar-refractivity contribution is 7.89. The molecule has 2 aromatic carbocycles. The summed E-state index contributed by atoms with van der Waals surface area (Å²) in [5, 5.41) is 10.2. The minimum absolute atomic E-state index is 0.241. The van der Waals surface area contributed by atoms with E-state index in [-0.39, 0.29) is 22.3 Å². The highest BCUT2D eigenvalue weighted by Crippen LogP contribution is 2.33. The van der Waals surface area contributed by atoms with Gasteiger partial charge >= 0.3 is 0 Å². The van der Waals surface area contributed by atoms with E-state index >= 15 is 0 Å². The van der Waals surface area contributed by atoms with E-state index in [2.05, 4.69) is 0 Å². The van der Waals surface area contributed by atoms with Gasteiger partial charge in [0.15, 0.2) is 11.6 Å². The molecule has 0 saturated carbocycles. The quantitative estimate of drug-likeness (QED) is 0.637. The number of primary sulfonamides is 2. The van der Waals surface area contributed by atoms with Gasteiger partial charge in [-0.15, -0.1) is 0 Å². The van der Waals surface area contributed by atoms with E-state index in [1.54, 1.807) is 0 Å². The van der Waals surface area contributed by atoms with E-state index < -0.39 is 41.4 Å². The van der Waals surface area contributed by atoms with Crippen molar-refractivity contribution in [2.75, 3.05) is 0 Å². The number of fused-ring (bicyclic) bond motifs is 2. The maximum absolute atomic E-state index is 12.7. The highest BCUT2D eigenvalue weighted by Gasteiger charge is 2.37. The molecule has 10 heteroatoms. The molecule has 0 unspecified atom stereocenters. The molecule has 0 aliphatic heterocycles. The van der Waals surface area contributed by atoms with Crippen molar-refractivity contribution in [3.63, 3.8) is 0 Å². The van der Waals surface area contributed by atoms with Crippen molar-refractivity contribution >= 4 is 31.6 Å². The number of ketones is 2. The fourth-order valence-corrected chi connectivity index (χ4v) is 4.16. The van der Waals surface area contributed by atoms with Gasteiger partial charge in [-0.25, -0.2) is 27.1 Å². The molecule has 1 aliphatic carbocycles. The van der Waals surface area contributed by atoms with Crippen LogP contribution in [0.15, 0.2) is 46.2 Å². The monoisotopic (exact) mass is 366 g/mol. The molecule has 8 nitrogen and oxygen atoms in total. The topological polar surface area (TPSA) is 154 Å². The van der Waals surface area contributed by atoms with Gasteiger partial charge in [-0.05, 0) is 12.1 Å². The Bertz CT molecular complexity index is 1040. The van der Waals surface area contributed by atoms with Crippen molar-refractivity contribution in [1.29, 1.82) is 0 Å². The molecule has 0 bridgehead atoms. The molecule has 24 heavy (non-hydrogen) atoms. The first-order valence-corrected chi connectivity index (χ1v) is 9.54. The smallest absolute Gasteiger partial charge is 0.238 e. The van der Waals surface area contributed by atoms with E-state index in [1.165, 1.54) is 24.3 Å². The summed E-state index contributed by atoms with van der Waals surface area (Å²) in [6.45, 7) is 0. The molecule has 3 rings (SSSR count). The van der Waals surface area contributed by atoms with Crippen molar-refractivity contribution in [1.82, 2.24) is 0 Å². The van der Waals surface area contributed by atoms with Crippen LogP contribution in [0, 0.1) is 0 Å². The third-order valence-corrected chi connectivity index (χ3v) is 5.52. The molecule has 4 N–H and O–H groups in total. The third-order valence-electron chi connectivity index (χ3n) is 3.61. The Balaban J connectivity index is 2.44. The van der Waals surface area contributed by atoms with Gasteiger partial charge in [0.25, 0.3) is 0 Å². The van der Waals surface area contributed by atoms with E-state index in [0.717, 1.165) is 12.1 Å². The van der Waals surface area contributed by atoms with E-state index in [1.807, 2.05) is 0 Å². The molecule has 0 atom stereocenters. The number of hydrogen-bond acceptors (Lipinski definition) is 6. The summed E-state index contributed by atoms with van der Waals surface area (Å²) in [5.74, 6) is -1.62. The van der Waals surface area contributed by atoms with Gasteiger partial charge in [-0.2, -0.15) is 0 Å². The van der Waals surface area contributed by atoms with Gasteiger partial charge < -0.3 is 0 Å². The summed E-state index contributed by atoms with van der Waals surface area (Å²) >= 11 is 0. The zero-order valence-electron chi connectivity index (χ0n) is 11.9. The number of sulfonamides is 2. The molecule has 2 aromatic rings. The van der Waals surface area contributed by atoms with Gasteiger partial charge in [-0.3, -0.25) is 9.59 Å². The maximum Gasteiger partial charge on any atom is 0.238 e. The van der Waals surface area contributed by atoms with E-state index in [4.69, 9.17) is 10.3 Å². The number of carbonyl (C=O) groups is 2. The first kappa shape index (κ1) is 16.5. The predicted octanol–water partition coefficient (Wildman–Crippen LogP) is -0.243. The predicted molar refractivity (Wildman–Crippen MR) is 82.5 cm³/mol. The molecule has 0 radical (unpaired) electrons. The molecule has 1 aliphatic rings. The van der Waals surface area contributed by atoms with E-state index in [0.29, 0.717) is 0 Å². The second-order valence-electron chi connectivity index (χ2n) is 5.11. The first-order chi connectivity index (χ1) is 11.0. The third kappa shape index (κ3) is 2.36. The summed E-state index contributed by atoms with van der Waals surface area (Å²) in [6.07, 6.45) is 0. The Morgan fingerprint density at radius 2 is 0.958 bits per heavy atom. The zero-order chi connectivity index (χ0) is 17.9. The van der Waals surface area contributed by atoms with Gasteiger partial charge in [0.2, 0.25) is 20.0 Å². The number of rotatable bonds is 2. The van der Waals surface area contributed by atoms with Crippen molar-refractivity contribution in [2.45, 2.75) is 9.79 Å². The fraction of sp³-hybridized carbons (Fsp3) is 0. The molecular formula is C14H10N2O6S2. The lowest BCUT2D eigenvalue weighted by Crippen LogP contribution is -2.28. The molecule has 0 amide bonds. The van der Waals surface area contributed by atoms with Crippen LogP contribution in [-0.4, -0.2) is 28.4 Å². The fourth-order valence-electron chi connectivity index (χ4n) is 2.65. The number of benzene rings is 2. The van der Waals surface area contributed by atoms with Gasteiger partial charge in [0.1, 0.15) is 0 Å². The van der Waals surface area contributed by atoms with Gasteiger partial charge in [-0.1, -0.05) is 24.3 Å². The van der Waals surface area contributed by atoms with Crippen LogP contribution >= 0.6 is 0 Å².